The summed E-state index contributed by atoms with van der Waals surface area (Å²) in [5.74, 6) is 0.700. The number of aromatic nitrogens is 6. The normalized spacial score (nSPS) is 11.1. The van der Waals surface area contributed by atoms with Gasteiger partial charge >= 0.3 is 0 Å². The van der Waals surface area contributed by atoms with Crippen molar-refractivity contribution in [3.05, 3.63) is 64.9 Å². The Balaban J connectivity index is 1.34. The molecule has 32 heavy (non-hydrogen) atoms. The molecule has 0 bridgehead atoms. The molecule has 0 atom stereocenters. The van der Waals surface area contributed by atoms with Crippen molar-refractivity contribution in [2.45, 2.75) is 46.6 Å². The van der Waals surface area contributed by atoms with Gasteiger partial charge in [0.1, 0.15) is 5.69 Å². The number of hydrogen-bond donors (Lipinski definition) is 1. The maximum atomic E-state index is 12.6. The summed E-state index contributed by atoms with van der Waals surface area (Å²) in [7, 11) is 1.82. The molecule has 0 saturated carbocycles. The van der Waals surface area contributed by atoms with Crippen LogP contribution in [0.15, 0.2) is 40.8 Å². The van der Waals surface area contributed by atoms with Crippen LogP contribution in [0.2, 0.25) is 0 Å². The molecule has 9 nitrogen and oxygen atoms in total. The predicted octanol–water partition coefficient (Wildman–Crippen LogP) is 3.41. The molecule has 4 aromatic rings. The van der Waals surface area contributed by atoms with Gasteiger partial charge in [-0.3, -0.25) is 14.2 Å². The van der Waals surface area contributed by atoms with E-state index in [1.54, 1.807) is 4.68 Å². The smallest absolute Gasteiger partial charge is 0.265 e. The van der Waals surface area contributed by atoms with Gasteiger partial charge in [0.25, 0.3) is 5.89 Å². The van der Waals surface area contributed by atoms with Crippen LogP contribution in [-0.4, -0.2) is 35.7 Å². The minimum absolute atomic E-state index is 0.116. The summed E-state index contributed by atoms with van der Waals surface area (Å²) in [5.41, 5.74) is 5.39. The summed E-state index contributed by atoms with van der Waals surface area (Å²) in [6.07, 6.45) is 1.47. The van der Waals surface area contributed by atoms with E-state index in [1.165, 1.54) is 5.56 Å². The summed E-state index contributed by atoms with van der Waals surface area (Å²) in [6, 6.07) is 12.2. The summed E-state index contributed by atoms with van der Waals surface area (Å²) in [6.45, 7) is 6.53. The van der Waals surface area contributed by atoms with Gasteiger partial charge in [0.2, 0.25) is 11.8 Å². The molecule has 0 aliphatic carbocycles. The van der Waals surface area contributed by atoms with Crippen molar-refractivity contribution in [3.8, 4) is 11.6 Å². The van der Waals surface area contributed by atoms with Gasteiger partial charge in [0.15, 0.2) is 0 Å². The van der Waals surface area contributed by atoms with Gasteiger partial charge in [-0.1, -0.05) is 30.3 Å². The highest BCUT2D eigenvalue weighted by Gasteiger charge is 2.17. The van der Waals surface area contributed by atoms with Crippen molar-refractivity contribution in [1.29, 1.82) is 0 Å². The van der Waals surface area contributed by atoms with Crippen molar-refractivity contribution < 1.29 is 9.21 Å². The zero-order valence-corrected chi connectivity index (χ0v) is 18.8. The second kappa shape index (κ2) is 9.17. The Bertz CT molecular complexity index is 1220. The van der Waals surface area contributed by atoms with Gasteiger partial charge in [0, 0.05) is 26.4 Å². The Hall–Kier alpha value is -3.75. The maximum Gasteiger partial charge on any atom is 0.265 e. The molecule has 0 saturated heterocycles. The van der Waals surface area contributed by atoms with Crippen LogP contribution in [0, 0.1) is 20.8 Å². The SMILES string of the molecule is Cc1cc(-c2nnc(CCC(=O)Nc3c(C)nn(CCc4ccccc4)c3C)o2)n(C)n1. The highest BCUT2D eigenvalue weighted by Crippen LogP contribution is 2.21. The van der Waals surface area contributed by atoms with E-state index in [4.69, 9.17) is 4.42 Å². The Morgan fingerprint density at radius 2 is 1.84 bits per heavy atom. The second-order valence-corrected chi connectivity index (χ2v) is 7.85. The molecule has 0 radical (unpaired) electrons. The molecule has 1 N–H and O–H groups in total. The molecule has 1 aromatic carbocycles. The van der Waals surface area contributed by atoms with Crippen molar-refractivity contribution in [2.24, 2.45) is 7.05 Å². The zero-order valence-electron chi connectivity index (χ0n) is 18.8. The van der Waals surface area contributed by atoms with E-state index >= 15 is 0 Å². The summed E-state index contributed by atoms with van der Waals surface area (Å²) in [5, 5.41) is 20.0. The van der Waals surface area contributed by atoms with Gasteiger partial charge < -0.3 is 9.73 Å². The standard InChI is InChI=1S/C23H27N7O2/c1-15-14-19(29(4)27-15)23-26-25-21(32-23)11-10-20(31)24-22-16(2)28-30(17(22)3)13-12-18-8-6-5-7-9-18/h5-9,14H,10-13H2,1-4H3,(H,24,31). The van der Waals surface area contributed by atoms with Crippen LogP contribution in [0.4, 0.5) is 5.69 Å². The molecule has 0 unspecified atom stereocenters. The number of nitrogens with zero attached hydrogens (tertiary/aromatic N) is 6. The summed E-state index contributed by atoms with van der Waals surface area (Å²) >= 11 is 0. The van der Waals surface area contributed by atoms with E-state index in [2.05, 4.69) is 37.8 Å². The third-order valence-corrected chi connectivity index (χ3v) is 5.35. The van der Waals surface area contributed by atoms with Gasteiger partial charge in [-0.25, -0.2) is 0 Å². The largest absolute Gasteiger partial charge is 0.419 e. The van der Waals surface area contributed by atoms with Gasteiger partial charge in [-0.05, 0) is 38.8 Å². The number of nitrogens with one attached hydrogen (secondary N) is 1. The van der Waals surface area contributed by atoms with E-state index in [0.29, 0.717) is 18.2 Å². The van der Waals surface area contributed by atoms with Crippen molar-refractivity contribution >= 4 is 11.6 Å². The monoisotopic (exact) mass is 433 g/mol. The minimum atomic E-state index is -0.116. The molecule has 4 rings (SSSR count). The fourth-order valence-corrected chi connectivity index (χ4v) is 3.67. The number of rotatable bonds is 8. The Morgan fingerprint density at radius 1 is 1.06 bits per heavy atom. The van der Waals surface area contributed by atoms with Crippen molar-refractivity contribution in [2.75, 3.05) is 5.32 Å². The number of aryl methyl sites for hydroxylation is 6. The number of amides is 1. The number of carbonyl (C=O) groups excluding carboxylic acids is 1. The predicted molar refractivity (Wildman–Crippen MR) is 120 cm³/mol. The van der Waals surface area contributed by atoms with Crippen molar-refractivity contribution in [1.82, 2.24) is 29.8 Å². The molecule has 3 heterocycles. The third kappa shape index (κ3) is 4.77. The molecule has 0 fully saturated rings. The molecule has 0 spiro atoms. The van der Waals surface area contributed by atoms with Crippen LogP contribution in [0.3, 0.4) is 0 Å². The molecule has 9 heteroatoms. The lowest BCUT2D eigenvalue weighted by atomic mass is 10.1. The Kier molecular flexibility index (Phi) is 6.16. The van der Waals surface area contributed by atoms with Gasteiger partial charge in [0.05, 0.1) is 22.8 Å². The molecule has 1 amide bonds. The van der Waals surface area contributed by atoms with E-state index in [9.17, 15) is 4.79 Å². The average Bonchev–Trinajstić information content (AvgIpc) is 3.45. The fraction of sp³-hybridized carbons (Fsp3) is 0.348. The highest BCUT2D eigenvalue weighted by atomic mass is 16.4. The van der Waals surface area contributed by atoms with Crippen LogP contribution >= 0.6 is 0 Å². The second-order valence-electron chi connectivity index (χ2n) is 7.85. The van der Waals surface area contributed by atoms with Gasteiger partial charge in [-0.15, -0.1) is 10.2 Å². The molecular formula is C23H27N7O2. The summed E-state index contributed by atoms with van der Waals surface area (Å²) < 4.78 is 9.35. The van der Waals surface area contributed by atoms with Crippen LogP contribution in [0.1, 0.15) is 35.0 Å². The lowest BCUT2D eigenvalue weighted by Gasteiger charge is -2.07. The van der Waals surface area contributed by atoms with E-state index < -0.39 is 0 Å². The summed E-state index contributed by atoms with van der Waals surface area (Å²) in [4.78, 5) is 12.6. The first-order valence-corrected chi connectivity index (χ1v) is 10.6. The fourth-order valence-electron chi connectivity index (χ4n) is 3.67. The first kappa shape index (κ1) is 21.5. The van der Waals surface area contributed by atoms with Crippen LogP contribution in [0.25, 0.3) is 11.6 Å². The van der Waals surface area contributed by atoms with E-state index in [1.807, 2.05) is 56.8 Å². The highest BCUT2D eigenvalue weighted by molar-refractivity contribution is 5.91. The Labute approximate surface area is 186 Å². The number of carbonyl (C=O) groups is 1. The first-order chi connectivity index (χ1) is 15.4. The average molecular weight is 434 g/mol. The zero-order chi connectivity index (χ0) is 22.7. The number of benzene rings is 1. The van der Waals surface area contributed by atoms with Crippen LogP contribution in [0.5, 0.6) is 0 Å². The number of anilines is 1. The molecular weight excluding hydrogens is 406 g/mol. The quantitative estimate of drug-likeness (QED) is 0.457. The van der Waals surface area contributed by atoms with Crippen LogP contribution in [-0.2, 0) is 31.2 Å². The van der Waals surface area contributed by atoms with Crippen molar-refractivity contribution in [3.63, 3.8) is 0 Å². The topological polar surface area (TPSA) is 104 Å². The minimum Gasteiger partial charge on any atom is -0.419 e. The molecule has 0 aliphatic rings. The van der Waals surface area contributed by atoms with Crippen LogP contribution < -0.4 is 5.32 Å². The van der Waals surface area contributed by atoms with Gasteiger partial charge in [-0.2, -0.15) is 10.2 Å². The maximum absolute atomic E-state index is 12.6. The van der Waals surface area contributed by atoms with E-state index in [0.717, 1.165) is 41.4 Å². The molecule has 166 valence electrons. The van der Waals surface area contributed by atoms with E-state index in [-0.39, 0.29) is 12.3 Å². The third-order valence-electron chi connectivity index (χ3n) is 5.35. The first-order valence-electron chi connectivity index (χ1n) is 10.6. The molecule has 0 aliphatic heterocycles. The Morgan fingerprint density at radius 3 is 2.56 bits per heavy atom. The lowest BCUT2D eigenvalue weighted by molar-refractivity contribution is -0.116. The molecule has 3 aromatic heterocycles. The number of hydrogen-bond acceptors (Lipinski definition) is 6. The lowest BCUT2D eigenvalue weighted by Crippen LogP contribution is -2.14.